The molecule has 4 rings (SSSR count). The third kappa shape index (κ3) is 5.92. The summed E-state index contributed by atoms with van der Waals surface area (Å²) in [6.07, 6.45) is 6.75. The van der Waals surface area contributed by atoms with Crippen LogP contribution in [-0.2, 0) is 22.5 Å². The van der Waals surface area contributed by atoms with Crippen molar-refractivity contribution in [2.45, 2.75) is 38.6 Å². The van der Waals surface area contributed by atoms with Gasteiger partial charge in [0, 0.05) is 16.3 Å². The van der Waals surface area contributed by atoms with Crippen molar-refractivity contribution in [2.24, 2.45) is 0 Å². The predicted molar refractivity (Wildman–Crippen MR) is 144 cm³/mol. The summed E-state index contributed by atoms with van der Waals surface area (Å²) in [5, 5.41) is 2.75. The Kier molecular flexibility index (Phi) is 8.56. The van der Waals surface area contributed by atoms with Gasteiger partial charge in [-0.25, -0.2) is 9.78 Å². The maximum absolute atomic E-state index is 13.2. The average molecular weight is 505 g/mol. The number of imidazole rings is 1. The number of aryl methyl sites for hydroxylation is 1. The van der Waals surface area contributed by atoms with Crippen molar-refractivity contribution in [2.75, 3.05) is 7.11 Å². The van der Waals surface area contributed by atoms with Crippen LogP contribution in [0.25, 0.3) is 6.08 Å². The van der Waals surface area contributed by atoms with Crippen LogP contribution in [0.4, 0.5) is 0 Å². The molecule has 0 spiro atoms. The number of carbonyl (C=O) groups excluding carboxylic acids is 1. The van der Waals surface area contributed by atoms with Gasteiger partial charge >= 0.3 is 5.97 Å². The molecule has 35 heavy (non-hydrogen) atoms. The molecule has 2 aromatic heterocycles. The lowest BCUT2D eigenvalue weighted by molar-refractivity contribution is -0.136. The number of hydrogen-bond acceptors (Lipinski definition) is 4. The Morgan fingerprint density at radius 3 is 2.57 bits per heavy atom. The molecule has 1 atom stereocenters. The van der Waals surface area contributed by atoms with Crippen molar-refractivity contribution >= 4 is 35.0 Å². The van der Waals surface area contributed by atoms with E-state index in [9.17, 15) is 4.79 Å². The smallest absolute Gasteiger partial charge is 0.334 e. The van der Waals surface area contributed by atoms with Gasteiger partial charge in [0.25, 0.3) is 0 Å². The van der Waals surface area contributed by atoms with Crippen molar-refractivity contribution in [1.29, 1.82) is 0 Å². The number of hydrogen-bond donors (Lipinski definition) is 0. The number of methoxy groups -OCH3 is 1. The van der Waals surface area contributed by atoms with Crippen LogP contribution < -0.4 is 0 Å². The first-order valence-electron chi connectivity index (χ1n) is 11.8. The van der Waals surface area contributed by atoms with E-state index in [-0.39, 0.29) is 11.9 Å². The molecule has 0 saturated heterocycles. The third-order valence-electron chi connectivity index (χ3n) is 6.01. The third-order valence-corrected chi connectivity index (χ3v) is 7.31. The lowest BCUT2D eigenvalue weighted by atomic mass is 9.89. The number of benzene rings is 2. The molecule has 4 aromatic rings. The van der Waals surface area contributed by atoms with Crippen LogP contribution in [0.3, 0.4) is 0 Å². The quantitative estimate of drug-likeness (QED) is 0.167. The fourth-order valence-corrected chi connectivity index (χ4v) is 5.26. The molecule has 4 nitrogen and oxygen atoms in total. The highest BCUT2D eigenvalue weighted by Crippen LogP contribution is 2.36. The minimum atomic E-state index is -0.354. The van der Waals surface area contributed by atoms with Crippen LogP contribution in [-0.4, -0.2) is 22.6 Å². The van der Waals surface area contributed by atoms with Crippen LogP contribution in [0.2, 0.25) is 5.02 Å². The van der Waals surface area contributed by atoms with Crippen LogP contribution in [0.5, 0.6) is 0 Å². The highest BCUT2D eigenvalue weighted by Gasteiger charge is 2.27. The maximum atomic E-state index is 13.2. The predicted octanol–water partition coefficient (Wildman–Crippen LogP) is 7.38. The fourth-order valence-electron chi connectivity index (χ4n) is 4.19. The molecule has 0 saturated carbocycles. The largest absolute Gasteiger partial charge is 0.466 e. The highest BCUT2D eigenvalue weighted by molar-refractivity contribution is 7.10. The molecule has 1 unspecified atom stereocenters. The van der Waals surface area contributed by atoms with Gasteiger partial charge in [0.05, 0.1) is 37.0 Å². The molecule has 180 valence electrons. The zero-order chi connectivity index (χ0) is 24.6. The molecular weight excluding hydrogens is 476 g/mol. The number of unbranched alkanes of at least 4 members (excludes halogenated alkanes) is 1. The summed E-state index contributed by atoms with van der Waals surface area (Å²) in [6, 6.07) is 22.0. The molecule has 0 fully saturated rings. The fraction of sp³-hybridized carbons (Fsp3) is 0.241. The Morgan fingerprint density at radius 1 is 1.11 bits per heavy atom. The number of ether oxygens (including phenoxy) is 1. The topological polar surface area (TPSA) is 44.1 Å². The Balaban J connectivity index is 1.85. The Labute approximate surface area is 215 Å². The molecular formula is C29H29ClN2O2S. The molecule has 0 radical (unpaired) electrons. The molecule has 0 aliphatic rings. The van der Waals surface area contributed by atoms with Crippen molar-refractivity contribution in [1.82, 2.24) is 9.55 Å². The summed E-state index contributed by atoms with van der Waals surface area (Å²) in [5.41, 5.74) is 3.48. The maximum Gasteiger partial charge on any atom is 0.334 e. The van der Waals surface area contributed by atoms with Crippen LogP contribution in [0.15, 0.2) is 83.9 Å². The number of halogens is 1. The standard InChI is InChI=1S/C29H29ClN2O2S/c1-3-4-16-27-31-19-23(32(27)20-22-13-8-9-14-25(22)30)18-24(29(33)34-2)28(26-15-10-17-35-26)21-11-6-5-7-12-21/h5-15,17-19,28H,3-4,16,20H2,1-2H3/b24-18+. The molecule has 2 heterocycles. The lowest BCUT2D eigenvalue weighted by Crippen LogP contribution is -2.15. The number of rotatable bonds is 10. The Hall–Kier alpha value is -3.15. The first kappa shape index (κ1) is 25.0. The molecule has 0 N–H and O–H groups in total. The Morgan fingerprint density at radius 2 is 1.89 bits per heavy atom. The summed E-state index contributed by atoms with van der Waals surface area (Å²) >= 11 is 8.13. The van der Waals surface area contributed by atoms with Gasteiger partial charge in [0.15, 0.2) is 0 Å². The van der Waals surface area contributed by atoms with Crippen LogP contribution in [0, 0.1) is 0 Å². The van der Waals surface area contributed by atoms with Crippen LogP contribution >= 0.6 is 22.9 Å². The summed E-state index contributed by atoms with van der Waals surface area (Å²) < 4.78 is 7.44. The first-order valence-corrected chi connectivity index (χ1v) is 13.0. The van der Waals surface area contributed by atoms with E-state index < -0.39 is 0 Å². The summed E-state index contributed by atoms with van der Waals surface area (Å²) in [4.78, 5) is 19.0. The highest BCUT2D eigenvalue weighted by atomic mass is 35.5. The minimum Gasteiger partial charge on any atom is -0.466 e. The Bertz CT molecular complexity index is 1280. The second kappa shape index (κ2) is 12.0. The van der Waals surface area contributed by atoms with Gasteiger partial charge in [0.1, 0.15) is 5.82 Å². The molecule has 0 amide bonds. The minimum absolute atomic E-state index is 0.244. The first-order chi connectivity index (χ1) is 17.1. The van der Waals surface area contributed by atoms with Gasteiger partial charge in [0.2, 0.25) is 0 Å². The number of carbonyl (C=O) groups is 1. The average Bonchev–Trinajstić information content (AvgIpc) is 3.54. The molecule has 0 bridgehead atoms. The molecule has 0 aliphatic carbocycles. The van der Waals surface area contributed by atoms with E-state index in [1.54, 1.807) is 11.3 Å². The molecule has 6 heteroatoms. The van der Waals surface area contributed by atoms with E-state index in [4.69, 9.17) is 21.3 Å². The summed E-state index contributed by atoms with van der Waals surface area (Å²) in [5.74, 6) is 0.383. The molecule has 2 aromatic carbocycles. The zero-order valence-corrected chi connectivity index (χ0v) is 21.6. The second-order valence-corrected chi connectivity index (χ2v) is 9.72. The second-order valence-electron chi connectivity index (χ2n) is 8.33. The van der Waals surface area contributed by atoms with Crippen LogP contribution in [0.1, 0.15) is 53.2 Å². The van der Waals surface area contributed by atoms with Gasteiger partial charge in [-0.3, -0.25) is 0 Å². The van der Waals surface area contributed by atoms with Crippen molar-refractivity contribution < 1.29 is 9.53 Å². The number of nitrogens with zero attached hydrogens (tertiary/aromatic N) is 2. The van der Waals surface area contributed by atoms with E-state index in [1.165, 1.54) is 7.11 Å². The van der Waals surface area contributed by atoms with Gasteiger partial charge in [-0.05, 0) is 41.1 Å². The van der Waals surface area contributed by atoms with E-state index in [2.05, 4.69) is 29.7 Å². The van der Waals surface area contributed by atoms with Crippen molar-refractivity contribution in [3.63, 3.8) is 0 Å². The number of esters is 1. The number of aromatic nitrogens is 2. The zero-order valence-electron chi connectivity index (χ0n) is 20.0. The van der Waals surface area contributed by atoms with Crippen molar-refractivity contribution in [3.05, 3.63) is 116 Å². The summed E-state index contributed by atoms with van der Waals surface area (Å²) in [7, 11) is 1.43. The summed E-state index contributed by atoms with van der Waals surface area (Å²) in [6.45, 7) is 2.75. The van der Waals surface area contributed by atoms with Crippen molar-refractivity contribution in [3.8, 4) is 0 Å². The molecule has 0 aliphatic heterocycles. The SMILES string of the molecule is CCCCc1ncc(/C=C(/C(=O)OC)C(c2ccccc2)c2cccs2)n1Cc1ccccc1Cl. The normalized spacial score (nSPS) is 12.5. The van der Waals surface area contributed by atoms with Gasteiger partial charge in [-0.15, -0.1) is 11.3 Å². The number of thiophene rings is 1. The van der Waals surface area contributed by atoms with Gasteiger partial charge in [-0.2, -0.15) is 0 Å². The van der Waals surface area contributed by atoms with E-state index >= 15 is 0 Å². The monoisotopic (exact) mass is 504 g/mol. The van der Waals surface area contributed by atoms with E-state index in [1.807, 2.05) is 66.2 Å². The van der Waals surface area contributed by atoms with Gasteiger partial charge < -0.3 is 9.30 Å². The lowest BCUT2D eigenvalue weighted by Gasteiger charge is -2.19. The van der Waals surface area contributed by atoms with E-state index in [0.717, 1.165) is 46.8 Å². The van der Waals surface area contributed by atoms with Gasteiger partial charge in [-0.1, -0.05) is 79.5 Å². The van der Waals surface area contributed by atoms with E-state index in [0.29, 0.717) is 17.1 Å².